The van der Waals surface area contributed by atoms with Gasteiger partial charge in [-0.1, -0.05) is 29.3 Å². The van der Waals surface area contributed by atoms with Gasteiger partial charge in [-0.2, -0.15) is 22.0 Å². The zero-order valence-corrected chi connectivity index (χ0v) is 12.1. The summed E-state index contributed by atoms with van der Waals surface area (Å²) in [4.78, 5) is 0. The molecule has 8 heteroatoms. The number of rotatable bonds is 3. The van der Waals surface area contributed by atoms with E-state index < -0.39 is 24.1 Å². The standard InChI is InChI=1S/C14H7Cl2F5O/c15-9-2-1-3-10(16)12(9)8-6-7(14(19,20)21)4-5-11(8)22-13(17)18/h1-6,13H. The highest BCUT2D eigenvalue weighted by Crippen LogP contribution is 2.43. The lowest BCUT2D eigenvalue weighted by Gasteiger charge is -2.16. The summed E-state index contributed by atoms with van der Waals surface area (Å²) >= 11 is 11.9. The molecule has 0 heterocycles. The number of ether oxygens (including phenoxy) is 1. The van der Waals surface area contributed by atoms with Crippen molar-refractivity contribution in [2.75, 3.05) is 0 Å². The molecule has 0 saturated heterocycles. The Labute approximate surface area is 132 Å². The van der Waals surface area contributed by atoms with Crippen LogP contribution in [0.3, 0.4) is 0 Å². The van der Waals surface area contributed by atoms with E-state index in [4.69, 9.17) is 23.2 Å². The highest BCUT2D eigenvalue weighted by molar-refractivity contribution is 6.39. The topological polar surface area (TPSA) is 9.23 Å². The molecule has 0 aliphatic carbocycles. The highest BCUT2D eigenvalue weighted by atomic mass is 35.5. The van der Waals surface area contributed by atoms with Crippen LogP contribution in [0.15, 0.2) is 36.4 Å². The van der Waals surface area contributed by atoms with E-state index in [2.05, 4.69) is 4.74 Å². The van der Waals surface area contributed by atoms with Crippen LogP contribution in [0.2, 0.25) is 10.0 Å². The minimum absolute atomic E-state index is 0.00687. The van der Waals surface area contributed by atoms with Crippen molar-refractivity contribution in [1.29, 1.82) is 0 Å². The average molecular weight is 357 g/mol. The van der Waals surface area contributed by atoms with Crippen LogP contribution in [0, 0.1) is 0 Å². The van der Waals surface area contributed by atoms with Gasteiger partial charge in [-0.3, -0.25) is 0 Å². The van der Waals surface area contributed by atoms with Crippen molar-refractivity contribution in [2.24, 2.45) is 0 Å². The maximum atomic E-state index is 12.8. The summed E-state index contributed by atoms with van der Waals surface area (Å²) in [5, 5.41) is 0.0388. The number of alkyl halides is 5. The molecular weight excluding hydrogens is 350 g/mol. The summed E-state index contributed by atoms with van der Waals surface area (Å²) in [5.41, 5.74) is -1.29. The molecule has 118 valence electrons. The van der Waals surface area contributed by atoms with Crippen LogP contribution < -0.4 is 4.74 Å². The van der Waals surface area contributed by atoms with Gasteiger partial charge >= 0.3 is 12.8 Å². The van der Waals surface area contributed by atoms with Crippen LogP contribution in [0.5, 0.6) is 5.75 Å². The van der Waals surface area contributed by atoms with Crippen molar-refractivity contribution in [3.05, 3.63) is 52.0 Å². The molecule has 0 N–H and O–H groups in total. The second-order valence-corrected chi connectivity index (χ2v) is 5.00. The first-order chi connectivity index (χ1) is 10.2. The van der Waals surface area contributed by atoms with Gasteiger partial charge in [0.05, 0.1) is 15.6 Å². The van der Waals surface area contributed by atoms with Gasteiger partial charge in [-0.15, -0.1) is 0 Å². The molecular formula is C14H7Cl2F5O. The van der Waals surface area contributed by atoms with E-state index in [1.165, 1.54) is 18.2 Å². The first-order valence-electron chi connectivity index (χ1n) is 5.80. The number of hydrogen-bond donors (Lipinski definition) is 0. The zero-order valence-electron chi connectivity index (χ0n) is 10.6. The minimum Gasteiger partial charge on any atom is -0.434 e. The van der Waals surface area contributed by atoms with Gasteiger partial charge in [0.1, 0.15) is 5.75 Å². The summed E-state index contributed by atoms with van der Waals surface area (Å²) < 4.78 is 67.6. The van der Waals surface area contributed by atoms with E-state index in [0.29, 0.717) is 12.1 Å². The van der Waals surface area contributed by atoms with Crippen LogP contribution in [0.25, 0.3) is 11.1 Å². The number of halogens is 7. The third-order valence-corrected chi connectivity index (χ3v) is 3.38. The largest absolute Gasteiger partial charge is 0.434 e. The summed E-state index contributed by atoms with van der Waals surface area (Å²) in [7, 11) is 0. The van der Waals surface area contributed by atoms with Gasteiger partial charge in [0.25, 0.3) is 0 Å². The first kappa shape index (κ1) is 16.8. The second-order valence-electron chi connectivity index (χ2n) is 4.18. The minimum atomic E-state index is -4.65. The van der Waals surface area contributed by atoms with Crippen molar-refractivity contribution in [3.63, 3.8) is 0 Å². The average Bonchev–Trinajstić information content (AvgIpc) is 2.38. The van der Waals surface area contributed by atoms with Gasteiger partial charge < -0.3 is 4.74 Å². The third-order valence-electron chi connectivity index (χ3n) is 2.76. The van der Waals surface area contributed by atoms with Gasteiger partial charge in [0, 0.05) is 11.1 Å². The van der Waals surface area contributed by atoms with Gasteiger partial charge in [0.15, 0.2) is 0 Å². The Morgan fingerprint density at radius 3 is 2.05 bits per heavy atom. The fourth-order valence-electron chi connectivity index (χ4n) is 1.86. The molecule has 0 fully saturated rings. The Morgan fingerprint density at radius 1 is 0.955 bits per heavy atom. The van der Waals surface area contributed by atoms with Crippen LogP contribution in [-0.2, 0) is 6.18 Å². The van der Waals surface area contributed by atoms with Crippen molar-refractivity contribution >= 4 is 23.2 Å². The molecule has 0 unspecified atom stereocenters. The van der Waals surface area contributed by atoms with E-state index in [-0.39, 0.29) is 21.2 Å². The van der Waals surface area contributed by atoms with Crippen LogP contribution in [-0.4, -0.2) is 6.61 Å². The SMILES string of the molecule is FC(F)Oc1ccc(C(F)(F)F)cc1-c1c(Cl)cccc1Cl. The van der Waals surface area contributed by atoms with E-state index in [0.717, 1.165) is 6.07 Å². The second kappa shape index (κ2) is 6.30. The highest BCUT2D eigenvalue weighted by Gasteiger charge is 2.32. The monoisotopic (exact) mass is 356 g/mol. The molecule has 0 aliphatic rings. The molecule has 1 nitrogen and oxygen atoms in total. The van der Waals surface area contributed by atoms with Crippen molar-refractivity contribution in [3.8, 4) is 16.9 Å². The van der Waals surface area contributed by atoms with Gasteiger partial charge in [-0.25, -0.2) is 0 Å². The first-order valence-corrected chi connectivity index (χ1v) is 6.56. The van der Waals surface area contributed by atoms with E-state index in [1.54, 1.807) is 0 Å². The van der Waals surface area contributed by atoms with Crippen LogP contribution >= 0.6 is 23.2 Å². The van der Waals surface area contributed by atoms with Crippen molar-refractivity contribution in [1.82, 2.24) is 0 Å². The van der Waals surface area contributed by atoms with E-state index in [9.17, 15) is 22.0 Å². The maximum absolute atomic E-state index is 12.8. The Morgan fingerprint density at radius 2 is 1.55 bits per heavy atom. The molecule has 0 aromatic heterocycles. The molecule has 0 aliphatic heterocycles. The Bertz CT molecular complexity index is 665. The molecule has 0 spiro atoms. The molecule has 2 rings (SSSR count). The number of benzene rings is 2. The maximum Gasteiger partial charge on any atom is 0.416 e. The van der Waals surface area contributed by atoms with E-state index >= 15 is 0 Å². The van der Waals surface area contributed by atoms with Gasteiger partial charge in [-0.05, 0) is 30.3 Å². The zero-order chi connectivity index (χ0) is 16.5. The lowest BCUT2D eigenvalue weighted by atomic mass is 10.0. The quantitative estimate of drug-likeness (QED) is 0.588. The molecule has 2 aromatic carbocycles. The Kier molecular flexibility index (Phi) is 4.82. The molecule has 0 saturated carbocycles. The predicted molar refractivity (Wildman–Crippen MR) is 73.5 cm³/mol. The summed E-state index contributed by atoms with van der Waals surface area (Å²) in [6.45, 7) is -3.20. The van der Waals surface area contributed by atoms with E-state index in [1.807, 2.05) is 0 Å². The molecule has 0 radical (unpaired) electrons. The molecule has 2 aromatic rings. The smallest absolute Gasteiger partial charge is 0.416 e. The summed E-state index contributed by atoms with van der Waals surface area (Å²) in [6, 6.07) is 6.38. The fourth-order valence-corrected chi connectivity index (χ4v) is 2.46. The molecule has 0 atom stereocenters. The molecule has 22 heavy (non-hydrogen) atoms. The van der Waals surface area contributed by atoms with Crippen molar-refractivity contribution in [2.45, 2.75) is 12.8 Å². The van der Waals surface area contributed by atoms with Gasteiger partial charge in [0.2, 0.25) is 0 Å². The Hall–Kier alpha value is -1.53. The molecule has 0 bridgehead atoms. The Balaban J connectivity index is 2.69. The van der Waals surface area contributed by atoms with Crippen LogP contribution in [0.4, 0.5) is 22.0 Å². The fraction of sp³-hybridized carbons (Fsp3) is 0.143. The lowest BCUT2D eigenvalue weighted by Crippen LogP contribution is -2.08. The molecule has 0 amide bonds. The van der Waals surface area contributed by atoms with Crippen molar-refractivity contribution < 1.29 is 26.7 Å². The third kappa shape index (κ3) is 3.62. The predicted octanol–water partition coefficient (Wildman–Crippen LogP) is 6.28. The van der Waals surface area contributed by atoms with Crippen LogP contribution in [0.1, 0.15) is 5.56 Å². The number of hydrogen-bond acceptors (Lipinski definition) is 1. The normalized spacial score (nSPS) is 11.8. The summed E-state index contributed by atoms with van der Waals surface area (Å²) in [6.07, 6.45) is -4.65. The lowest BCUT2D eigenvalue weighted by molar-refractivity contribution is -0.137. The summed E-state index contributed by atoms with van der Waals surface area (Å²) in [5.74, 6) is -0.446.